The molecule has 0 saturated heterocycles. The normalized spacial score (nSPS) is 17.0. The Balaban J connectivity index is 2.13. The van der Waals surface area contributed by atoms with Crippen LogP contribution in [0.2, 0.25) is 5.02 Å². The first-order valence-corrected chi connectivity index (χ1v) is 8.80. The molecule has 6 heteroatoms. The molecule has 1 N–H and O–H groups in total. The number of phenols is 1. The summed E-state index contributed by atoms with van der Waals surface area (Å²) in [6.45, 7) is 5.64. The number of carbonyl (C=O) groups excluding carboxylic acids is 1. The van der Waals surface area contributed by atoms with Gasteiger partial charge >= 0.3 is 6.09 Å². The van der Waals surface area contributed by atoms with Crippen LogP contribution in [0.1, 0.15) is 43.5 Å². The van der Waals surface area contributed by atoms with Gasteiger partial charge in [-0.05, 0) is 62.6 Å². The molecule has 1 heterocycles. The number of hydrogen-bond donors (Lipinski definition) is 1. The summed E-state index contributed by atoms with van der Waals surface area (Å²) < 4.78 is 19.8. The van der Waals surface area contributed by atoms with E-state index in [1.54, 1.807) is 45.0 Å². The first-order chi connectivity index (χ1) is 12.2. The molecule has 4 nitrogen and oxygen atoms in total. The average molecular weight is 378 g/mol. The van der Waals surface area contributed by atoms with Gasteiger partial charge in [0.25, 0.3) is 0 Å². The third-order valence-corrected chi connectivity index (χ3v) is 4.51. The Kier molecular flexibility index (Phi) is 4.84. The molecule has 0 aromatic heterocycles. The van der Waals surface area contributed by atoms with Gasteiger partial charge in [0.1, 0.15) is 17.2 Å². The smallest absolute Gasteiger partial charge is 0.411 e. The van der Waals surface area contributed by atoms with Gasteiger partial charge in [-0.25, -0.2) is 9.18 Å². The van der Waals surface area contributed by atoms with Gasteiger partial charge in [0, 0.05) is 17.1 Å². The zero-order valence-electron chi connectivity index (χ0n) is 14.9. The van der Waals surface area contributed by atoms with Gasteiger partial charge in [-0.15, -0.1) is 0 Å². The lowest BCUT2D eigenvalue weighted by Crippen LogP contribution is -2.43. The van der Waals surface area contributed by atoms with Crippen LogP contribution in [-0.2, 0) is 11.2 Å². The summed E-state index contributed by atoms with van der Waals surface area (Å²) in [5.41, 5.74) is 0.937. The topological polar surface area (TPSA) is 49.8 Å². The van der Waals surface area contributed by atoms with Gasteiger partial charge in [-0.2, -0.15) is 0 Å². The summed E-state index contributed by atoms with van der Waals surface area (Å²) in [6.07, 6.45) is -0.143. The number of rotatable bonds is 1. The van der Waals surface area contributed by atoms with E-state index in [1.165, 1.54) is 17.0 Å². The molecule has 138 valence electrons. The number of halogens is 2. The Morgan fingerprint density at radius 1 is 1.27 bits per heavy atom. The number of ether oxygens (including phenoxy) is 1. The molecular formula is C20H21ClFNO3. The van der Waals surface area contributed by atoms with Crippen LogP contribution in [-0.4, -0.2) is 28.2 Å². The van der Waals surface area contributed by atoms with Crippen molar-refractivity contribution < 1.29 is 19.0 Å². The second-order valence-corrected chi connectivity index (χ2v) is 7.77. The Morgan fingerprint density at radius 2 is 2.00 bits per heavy atom. The summed E-state index contributed by atoms with van der Waals surface area (Å²) in [5.74, 6) is -0.331. The number of phenolic OH excluding ortho intramolecular Hbond substituents is 1. The highest BCUT2D eigenvalue weighted by Crippen LogP contribution is 2.41. The maximum atomic E-state index is 14.3. The number of hydrogen-bond acceptors (Lipinski definition) is 3. The third kappa shape index (κ3) is 3.63. The summed E-state index contributed by atoms with van der Waals surface area (Å²) in [4.78, 5) is 14.3. The van der Waals surface area contributed by atoms with Crippen LogP contribution in [0.25, 0.3) is 0 Å². The van der Waals surface area contributed by atoms with Crippen LogP contribution < -0.4 is 0 Å². The predicted octanol–water partition coefficient (Wildman–Crippen LogP) is 5.07. The number of amides is 1. The van der Waals surface area contributed by atoms with Crippen molar-refractivity contribution in [2.24, 2.45) is 0 Å². The van der Waals surface area contributed by atoms with Gasteiger partial charge in [-0.3, -0.25) is 4.90 Å². The van der Waals surface area contributed by atoms with Crippen LogP contribution in [0.4, 0.5) is 9.18 Å². The van der Waals surface area contributed by atoms with Crippen molar-refractivity contribution >= 4 is 17.7 Å². The Hall–Kier alpha value is -2.27. The van der Waals surface area contributed by atoms with Crippen LogP contribution in [0.5, 0.6) is 5.75 Å². The van der Waals surface area contributed by atoms with Crippen LogP contribution in [0.15, 0.2) is 36.4 Å². The monoisotopic (exact) mass is 377 g/mol. The molecule has 1 atom stereocenters. The van der Waals surface area contributed by atoms with Crippen molar-refractivity contribution in [3.05, 3.63) is 63.9 Å². The Labute approximate surface area is 157 Å². The van der Waals surface area contributed by atoms with E-state index in [9.17, 15) is 14.3 Å². The highest BCUT2D eigenvalue weighted by atomic mass is 35.5. The van der Waals surface area contributed by atoms with Gasteiger partial charge in [0.15, 0.2) is 0 Å². The van der Waals surface area contributed by atoms with Crippen molar-refractivity contribution in [1.29, 1.82) is 0 Å². The second kappa shape index (κ2) is 6.80. The lowest BCUT2D eigenvalue weighted by molar-refractivity contribution is 0.0175. The van der Waals surface area contributed by atoms with E-state index < -0.39 is 17.7 Å². The number of nitrogens with zero attached hydrogens (tertiary/aromatic N) is 1. The average Bonchev–Trinajstić information content (AvgIpc) is 2.55. The minimum Gasteiger partial charge on any atom is -0.508 e. The van der Waals surface area contributed by atoms with Crippen molar-refractivity contribution in [3.8, 4) is 5.75 Å². The maximum absolute atomic E-state index is 14.3. The molecule has 1 aliphatic heterocycles. The van der Waals surface area contributed by atoms with Gasteiger partial charge in [0.2, 0.25) is 0 Å². The van der Waals surface area contributed by atoms with Crippen molar-refractivity contribution in [2.45, 2.75) is 38.8 Å². The van der Waals surface area contributed by atoms with Crippen LogP contribution >= 0.6 is 11.6 Å². The van der Waals surface area contributed by atoms with Gasteiger partial charge in [-0.1, -0.05) is 23.7 Å². The standard InChI is InChI=1S/C20H21ClFNO3/c1-20(2,3)26-19(25)23-10-9-13-14(5-4-6-16(13)22)18(23)15-11-12(21)7-8-17(15)24/h4-8,11,18,24H,9-10H2,1-3H3. The molecule has 26 heavy (non-hydrogen) atoms. The molecule has 1 unspecified atom stereocenters. The molecule has 0 bridgehead atoms. The molecule has 1 aliphatic rings. The lowest BCUT2D eigenvalue weighted by atomic mass is 9.87. The highest BCUT2D eigenvalue weighted by molar-refractivity contribution is 6.30. The molecule has 0 spiro atoms. The Bertz CT molecular complexity index is 847. The zero-order chi connectivity index (χ0) is 19.1. The largest absolute Gasteiger partial charge is 0.508 e. The molecule has 2 aromatic carbocycles. The molecule has 0 saturated carbocycles. The van der Waals surface area contributed by atoms with E-state index in [1.807, 2.05) is 0 Å². The highest BCUT2D eigenvalue weighted by Gasteiger charge is 2.37. The fourth-order valence-corrected chi connectivity index (χ4v) is 3.40. The van der Waals surface area contributed by atoms with E-state index in [0.717, 1.165) is 0 Å². The van der Waals surface area contributed by atoms with E-state index in [0.29, 0.717) is 28.1 Å². The SMILES string of the molecule is CC(C)(C)OC(=O)N1CCc2c(F)cccc2C1c1cc(Cl)ccc1O. The maximum Gasteiger partial charge on any atom is 0.411 e. The zero-order valence-corrected chi connectivity index (χ0v) is 15.7. The quantitative estimate of drug-likeness (QED) is 0.755. The van der Waals surface area contributed by atoms with Crippen molar-refractivity contribution in [1.82, 2.24) is 4.90 Å². The van der Waals surface area contributed by atoms with Crippen LogP contribution in [0.3, 0.4) is 0 Å². The molecule has 2 aromatic rings. The molecule has 1 amide bonds. The minimum atomic E-state index is -0.678. The Morgan fingerprint density at radius 3 is 2.69 bits per heavy atom. The number of benzene rings is 2. The summed E-state index contributed by atoms with van der Waals surface area (Å²) >= 11 is 6.11. The van der Waals surface area contributed by atoms with E-state index in [2.05, 4.69) is 0 Å². The second-order valence-electron chi connectivity index (χ2n) is 7.34. The fourth-order valence-electron chi connectivity index (χ4n) is 3.22. The summed E-state index contributed by atoms with van der Waals surface area (Å²) in [7, 11) is 0. The third-order valence-electron chi connectivity index (χ3n) is 4.28. The van der Waals surface area contributed by atoms with E-state index in [4.69, 9.17) is 16.3 Å². The summed E-state index contributed by atoms with van der Waals surface area (Å²) in [5, 5.41) is 10.8. The number of fused-ring (bicyclic) bond motifs is 1. The fraction of sp³-hybridized carbons (Fsp3) is 0.350. The van der Waals surface area contributed by atoms with Gasteiger partial charge < -0.3 is 9.84 Å². The number of carbonyl (C=O) groups is 1. The first-order valence-electron chi connectivity index (χ1n) is 8.42. The molecule has 3 rings (SSSR count). The van der Waals surface area contributed by atoms with E-state index in [-0.39, 0.29) is 18.1 Å². The van der Waals surface area contributed by atoms with Crippen LogP contribution in [0, 0.1) is 5.82 Å². The van der Waals surface area contributed by atoms with Crippen molar-refractivity contribution in [3.63, 3.8) is 0 Å². The first kappa shape index (κ1) is 18.5. The minimum absolute atomic E-state index is 0.00919. The predicted molar refractivity (Wildman–Crippen MR) is 98.0 cm³/mol. The molecule has 0 radical (unpaired) electrons. The van der Waals surface area contributed by atoms with E-state index >= 15 is 0 Å². The molecule has 0 aliphatic carbocycles. The molecular weight excluding hydrogens is 357 g/mol. The number of aromatic hydroxyl groups is 1. The summed E-state index contributed by atoms with van der Waals surface area (Å²) in [6, 6.07) is 8.71. The van der Waals surface area contributed by atoms with Crippen molar-refractivity contribution in [2.75, 3.05) is 6.54 Å². The van der Waals surface area contributed by atoms with Gasteiger partial charge in [0.05, 0.1) is 6.04 Å². The molecule has 0 fully saturated rings. The lowest BCUT2D eigenvalue weighted by Gasteiger charge is -2.38.